The van der Waals surface area contributed by atoms with Crippen molar-refractivity contribution in [3.05, 3.63) is 62.4 Å². The molecule has 2 aromatic rings. The average molecular weight is 356 g/mol. The molecule has 2 rings (SSSR count). The van der Waals surface area contributed by atoms with Crippen LogP contribution in [0.2, 0.25) is 0 Å². The number of rotatable bonds is 4. The second-order valence-corrected chi connectivity index (χ2v) is 4.78. The van der Waals surface area contributed by atoms with Crippen LogP contribution in [0, 0.1) is 15.9 Å². The Labute approximate surface area is 126 Å². The summed E-state index contributed by atoms with van der Waals surface area (Å²) in [6, 6.07) is 7.13. The Morgan fingerprint density at radius 1 is 1.29 bits per heavy atom. The van der Waals surface area contributed by atoms with Gasteiger partial charge in [-0.15, -0.1) is 0 Å². The standard InChI is InChI=1S/C13H7BrFNO5/c14-10-5-7(16(19)20)1-4-12(10)21-8-2-3-9(13(17)18)11(15)6-8/h1-6H,(H,17,18). The molecule has 0 aromatic heterocycles. The molecule has 0 aliphatic carbocycles. The van der Waals surface area contributed by atoms with E-state index < -0.39 is 22.3 Å². The number of halogens is 2. The number of carbonyl (C=O) groups is 1. The lowest BCUT2D eigenvalue weighted by molar-refractivity contribution is -0.384. The summed E-state index contributed by atoms with van der Waals surface area (Å²) in [7, 11) is 0. The number of hydrogen-bond donors (Lipinski definition) is 1. The molecule has 0 fully saturated rings. The van der Waals surface area contributed by atoms with Crippen molar-refractivity contribution in [2.24, 2.45) is 0 Å². The molecule has 0 heterocycles. The highest BCUT2D eigenvalue weighted by molar-refractivity contribution is 9.10. The summed E-state index contributed by atoms with van der Waals surface area (Å²) < 4.78 is 19.2. The van der Waals surface area contributed by atoms with E-state index in [0.717, 1.165) is 12.1 Å². The van der Waals surface area contributed by atoms with Crippen LogP contribution in [0.15, 0.2) is 40.9 Å². The highest BCUT2D eigenvalue weighted by Gasteiger charge is 2.13. The van der Waals surface area contributed by atoms with Crippen molar-refractivity contribution < 1.29 is 24.0 Å². The van der Waals surface area contributed by atoms with E-state index in [1.165, 1.54) is 24.3 Å². The first kappa shape index (κ1) is 14.9. The number of nitro benzene ring substituents is 1. The number of benzene rings is 2. The van der Waals surface area contributed by atoms with Gasteiger partial charge in [-0.1, -0.05) is 0 Å². The Balaban J connectivity index is 2.28. The molecule has 0 atom stereocenters. The van der Waals surface area contributed by atoms with E-state index in [-0.39, 0.29) is 17.2 Å². The van der Waals surface area contributed by atoms with E-state index in [0.29, 0.717) is 4.47 Å². The number of nitro groups is 1. The minimum Gasteiger partial charge on any atom is -0.478 e. The molecular formula is C13H7BrFNO5. The van der Waals surface area contributed by atoms with Crippen molar-refractivity contribution in [1.29, 1.82) is 0 Å². The van der Waals surface area contributed by atoms with Crippen LogP contribution in [-0.2, 0) is 0 Å². The number of ether oxygens (including phenoxy) is 1. The van der Waals surface area contributed by atoms with Gasteiger partial charge in [0, 0.05) is 18.2 Å². The Bertz CT molecular complexity index is 734. The third-order valence-electron chi connectivity index (χ3n) is 2.53. The summed E-state index contributed by atoms with van der Waals surface area (Å²) in [5.41, 5.74) is -0.591. The maximum absolute atomic E-state index is 13.5. The highest BCUT2D eigenvalue weighted by Crippen LogP contribution is 2.33. The zero-order chi connectivity index (χ0) is 15.6. The number of carboxylic acid groups (broad SMARTS) is 1. The topological polar surface area (TPSA) is 89.7 Å². The normalized spacial score (nSPS) is 10.2. The molecule has 8 heteroatoms. The van der Waals surface area contributed by atoms with Crippen molar-refractivity contribution in [2.45, 2.75) is 0 Å². The summed E-state index contributed by atoms with van der Waals surface area (Å²) in [5.74, 6) is -2.00. The fraction of sp³-hybridized carbons (Fsp3) is 0. The first-order valence-electron chi connectivity index (χ1n) is 5.53. The lowest BCUT2D eigenvalue weighted by Crippen LogP contribution is -2.00. The molecule has 0 saturated heterocycles. The van der Waals surface area contributed by atoms with E-state index in [1.807, 2.05) is 0 Å². The molecule has 0 saturated carbocycles. The number of non-ortho nitro benzene ring substituents is 1. The predicted molar refractivity (Wildman–Crippen MR) is 74.2 cm³/mol. The first-order valence-corrected chi connectivity index (χ1v) is 6.32. The van der Waals surface area contributed by atoms with Gasteiger partial charge in [0.25, 0.3) is 5.69 Å². The second kappa shape index (κ2) is 5.88. The van der Waals surface area contributed by atoms with Crippen LogP contribution in [-0.4, -0.2) is 16.0 Å². The van der Waals surface area contributed by atoms with Crippen LogP contribution in [0.4, 0.5) is 10.1 Å². The van der Waals surface area contributed by atoms with Crippen molar-refractivity contribution in [2.75, 3.05) is 0 Å². The van der Waals surface area contributed by atoms with Crippen molar-refractivity contribution >= 4 is 27.6 Å². The molecule has 0 amide bonds. The van der Waals surface area contributed by atoms with E-state index in [4.69, 9.17) is 9.84 Å². The van der Waals surface area contributed by atoms with Crippen molar-refractivity contribution in [3.63, 3.8) is 0 Å². The van der Waals surface area contributed by atoms with Gasteiger partial charge in [0.05, 0.1) is 15.0 Å². The average Bonchev–Trinajstić information content (AvgIpc) is 2.40. The number of aromatic carboxylic acids is 1. The molecule has 0 unspecified atom stereocenters. The summed E-state index contributed by atoms with van der Waals surface area (Å²) in [6.07, 6.45) is 0. The molecular weight excluding hydrogens is 349 g/mol. The molecule has 2 aromatic carbocycles. The molecule has 1 N–H and O–H groups in total. The fourth-order valence-corrected chi connectivity index (χ4v) is 1.99. The zero-order valence-corrected chi connectivity index (χ0v) is 11.8. The Morgan fingerprint density at radius 3 is 2.52 bits per heavy atom. The van der Waals surface area contributed by atoms with Gasteiger partial charge in [-0.05, 0) is 34.1 Å². The number of nitrogens with zero attached hydrogens (tertiary/aromatic N) is 1. The quantitative estimate of drug-likeness (QED) is 0.661. The van der Waals surface area contributed by atoms with E-state index in [1.54, 1.807) is 0 Å². The first-order chi connectivity index (χ1) is 9.88. The molecule has 0 spiro atoms. The molecule has 0 radical (unpaired) electrons. The second-order valence-electron chi connectivity index (χ2n) is 3.92. The van der Waals surface area contributed by atoms with Gasteiger partial charge < -0.3 is 9.84 Å². The monoisotopic (exact) mass is 355 g/mol. The van der Waals surface area contributed by atoms with Crippen molar-refractivity contribution in [3.8, 4) is 11.5 Å². The summed E-state index contributed by atoms with van der Waals surface area (Å²) >= 11 is 3.11. The Hall–Kier alpha value is -2.48. The minimum atomic E-state index is -1.38. The lowest BCUT2D eigenvalue weighted by atomic mass is 10.2. The summed E-state index contributed by atoms with van der Waals surface area (Å²) in [4.78, 5) is 20.7. The Kier molecular flexibility index (Phi) is 4.18. The van der Waals surface area contributed by atoms with Gasteiger partial charge in [-0.25, -0.2) is 9.18 Å². The van der Waals surface area contributed by atoms with Crippen molar-refractivity contribution in [1.82, 2.24) is 0 Å². The molecule has 0 aliphatic rings. The van der Waals surface area contributed by atoms with Crippen LogP contribution in [0.5, 0.6) is 11.5 Å². The molecule has 0 bridgehead atoms. The minimum absolute atomic E-state index is 0.0760. The third kappa shape index (κ3) is 3.34. The van der Waals surface area contributed by atoms with Crippen LogP contribution in [0.3, 0.4) is 0 Å². The van der Waals surface area contributed by atoms with Gasteiger partial charge in [0.1, 0.15) is 17.3 Å². The van der Waals surface area contributed by atoms with Crippen LogP contribution < -0.4 is 4.74 Å². The van der Waals surface area contributed by atoms with Crippen LogP contribution in [0.1, 0.15) is 10.4 Å². The zero-order valence-electron chi connectivity index (χ0n) is 10.2. The van der Waals surface area contributed by atoms with Gasteiger partial charge in [0.2, 0.25) is 0 Å². The maximum atomic E-state index is 13.5. The predicted octanol–water partition coefficient (Wildman–Crippen LogP) is 3.99. The Morgan fingerprint density at radius 2 is 2.00 bits per heavy atom. The lowest BCUT2D eigenvalue weighted by Gasteiger charge is -2.08. The van der Waals surface area contributed by atoms with Gasteiger partial charge in [-0.2, -0.15) is 0 Å². The van der Waals surface area contributed by atoms with Gasteiger partial charge in [-0.3, -0.25) is 10.1 Å². The number of hydrogen-bond acceptors (Lipinski definition) is 4. The largest absolute Gasteiger partial charge is 0.478 e. The maximum Gasteiger partial charge on any atom is 0.338 e. The van der Waals surface area contributed by atoms with Crippen LogP contribution >= 0.6 is 15.9 Å². The van der Waals surface area contributed by atoms with Gasteiger partial charge >= 0.3 is 5.97 Å². The molecule has 6 nitrogen and oxygen atoms in total. The van der Waals surface area contributed by atoms with Crippen LogP contribution in [0.25, 0.3) is 0 Å². The highest BCUT2D eigenvalue weighted by atomic mass is 79.9. The SMILES string of the molecule is O=C(O)c1ccc(Oc2ccc([N+](=O)[O-])cc2Br)cc1F. The van der Waals surface area contributed by atoms with Gasteiger partial charge in [0.15, 0.2) is 0 Å². The summed E-state index contributed by atoms with van der Waals surface area (Å²) in [5, 5.41) is 19.3. The van der Waals surface area contributed by atoms with E-state index >= 15 is 0 Å². The fourth-order valence-electron chi connectivity index (χ4n) is 1.55. The third-order valence-corrected chi connectivity index (χ3v) is 3.14. The summed E-state index contributed by atoms with van der Waals surface area (Å²) in [6.45, 7) is 0. The molecule has 0 aliphatic heterocycles. The molecule has 21 heavy (non-hydrogen) atoms. The van der Waals surface area contributed by atoms with E-state index in [2.05, 4.69) is 15.9 Å². The van der Waals surface area contributed by atoms with E-state index in [9.17, 15) is 19.3 Å². The number of carboxylic acids is 1. The smallest absolute Gasteiger partial charge is 0.338 e. The molecule has 108 valence electrons.